The summed E-state index contributed by atoms with van der Waals surface area (Å²) < 4.78 is 89.5. The third-order valence-corrected chi connectivity index (χ3v) is 6.04. The van der Waals surface area contributed by atoms with Gasteiger partial charge in [-0.1, -0.05) is 0 Å². The van der Waals surface area contributed by atoms with Crippen LogP contribution in [0.15, 0.2) is 53.7 Å². The topological polar surface area (TPSA) is 60.3 Å². The molecular weight excluding hydrogens is 502 g/mol. The third-order valence-electron chi connectivity index (χ3n) is 6.04. The van der Waals surface area contributed by atoms with Crippen molar-refractivity contribution in [3.63, 3.8) is 0 Å². The van der Waals surface area contributed by atoms with Gasteiger partial charge < -0.3 is 9.30 Å². The summed E-state index contributed by atoms with van der Waals surface area (Å²) in [5, 5.41) is -0.0640. The van der Waals surface area contributed by atoms with Gasteiger partial charge in [0.25, 0.3) is 5.56 Å². The molecule has 0 bridgehead atoms. The van der Waals surface area contributed by atoms with Gasteiger partial charge >= 0.3 is 6.18 Å². The van der Waals surface area contributed by atoms with Crippen molar-refractivity contribution >= 4 is 10.9 Å². The van der Waals surface area contributed by atoms with Gasteiger partial charge in [-0.25, -0.2) is 18.2 Å². The summed E-state index contributed by atoms with van der Waals surface area (Å²) in [5.74, 6) is -4.11. The zero-order valence-electron chi connectivity index (χ0n) is 19.0. The molecule has 0 unspecified atom stereocenters. The maximum Gasteiger partial charge on any atom is 0.421 e. The molecule has 2 aromatic carbocycles. The Kier molecular flexibility index (Phi) is 6.36. The van der Waals surface area contributed by atoms with Crippen LogP contribution in [0.2, 0.25) is 0 Å². The molecule has 37 heavy (non-hydrogen) atoms. The van der Waals surface area contributed by atoms with E-state index in [1.165, 1.54) is 29.0 Å². The van der Waals surface area contributed by atoms with Crippen molar-refractivity contribution in [2.24, 2.45) is 0 Å². The monoisotopic (exact) mass is 520 g/mol. The number of rotatable bonds is 6. The van der Waals surface area contributed by atoms with Crippen LogP contribution >= 0.6 is 0 Å². The number of pyridine rings is 1. The minimum Gasteiger partial charge on any atom is -0.438 e. The number of halogens is 6. The van der Waals surface area contributed by atoms with Crippen LogP contribution < -0.4 is 10.3 Å². The number of ether oxygens (including phenoxy) is 1. The first-order valence-corrected chi connectivity index (χ1v) is 11.2. The first-order valence-electron chi connectivity index (χ1n) is 11.2. The summed E-state index contributed by atoms with van der Waals surface area (Å²) in [4.78, 5) is 21.9. The van der Waals surface area contributed by atoms with E-state index in [9.17, 15) is 31.1 Å². The number of nitrogens with zero attached hydrogens (tertiary/aromatic N) is 4. The van der Waals surface area contributed by atoms with Crippen molar-refractivity contribution in [2.45, 2.75) is 25.7 Å². The third kappa shape index (κ3) is 5.15. The van der Waals surface area contributed by atoms with Gasteiger partial charge in [0.15, 0.2) is 0 Å². The van der Waals surface area contributed by atoms with Gasteiger partial charge in [-0.2, -0.15) is 18.2 Å². The maximum absolute atomic E-state index is 14.1. The van der Waals surface area contributed by atoms with Gasteiger partial charge in [0.05, 0.1) is 23.8 Å². The Morgan fingerprint density at radius 1 is 0.946 bits per heavy atom. The fraction of sp³-hybridized carbons (Fsp3) is 0.240. The fourth-order valence-electron chi connectivity index (χ4n) is 4.05. The summed E-state index contributed by atoms with van der Waals surface area (Å²) in [5.41, 5.74) is -1.66. The van der Waals surface area contributed by atoms with Crippen molar-refractivity contribution in [1.29, 1.82) is 0 Å². The molecule has 0 atom stereocenters. The van der Waals surface area contributed by atoms with Crippen molar-refractivity contribution in [3.8, 4) is 11.6 Å². The standard InChI is InChI=1S/C25H18F6N4O2/c26-15-7-20(27)18(21(28)8-15)12-35-13-33-23(36)17-9-16(2-3-22(17)35)37-24-19(25(29,30)31)6-14(10-32-24)11-34-4-1-5-34/h2-3,6-10,13H,1,4-5,11-12H2. The van der Waals surface area contributed by atoms with E-state index in [0.29, 0.717) is 24.2 Å². The van der Waals surface area contributed by atoms with Gasteiger partial charge in [0, 0.05) is 30.4 Å². The molecule has 0 saturated carbocycles. The Morgan fingerprint density at radius 2 is 1.68 bits per heavy atom. The van der Waals surface area contributed by atoms with Crippen LogP contribution in [0.25, 0.3) is 10.9 Å². The Bertz CT molecular complexity index is 1530. The predicted molar refractivity (Wildman–Crippen MR) is 121 cm³/mol. The lowest BCUT2D eigenvalue weighted by molar-refractivity contribution is -0.139. The molecule has 0 aliphatic carbocycles. The first kappa shape index (κ1) is 24.8. The van der Waals surface area contributed by atoms with E-state index in [0.717, 1.165) is 31.9 Å². The first-order chi connectivity index (χ1) is 17.6. The van der Waals surface area contributed by atoms with E-state index in [4.69, 9.17) is 4.74 Å². The number of hydrogen-bond donors (Lipinski definition) is 0. The van der Waals surface area contributed by atoms with Crippen molar-refractivity contribution < 1.29 is 31.1 Å². The SMILES string of the molecule is O=c1ncn(Cc2c(F)cc(F)cc2F)c2ccc(Oc3ncc(CN4CCC4)cc3C(F)(F)F)cc12. The van der Waals surface area contributed by atoms with E-state index in [1.807, 2.05) is 4.90 Å². The van der Waals surface area contributed by atoms with Gasteiger partial charge in [-0.05, 0) is 49.3 Å². The van der Waals surface area contributed by atoms with Gasteiger partial charge in [0.1, 0.15) is 28.8 Å². The molecule has 2 aromatic heterocycles. The molecule has 0 radical (unpaired) electrons. The lowest BCUT2D eigenvalue weighted by Gasteiger charge is -2.30. The van der Waals surface area contributed by atoms with Crippen LogP contribution in [0.1, 0.15) is 23.1 Å². The highest BCUT2D eigenvalue weighted by Crippen LogP contribution is 2.38. The van der Waals surface area contributed by atoms with E-state index < -0.39 is 52.7 Å². The number of aromatic nitrogens is 3. The number of alkyl halides is 3. The normalized spacial score (nSPS) is 14.1. The van der Waals surface area contributed by atoms with E-state index in [1.54, 1.807) is 0 Å². The number of fused-ring (bicyclic) bond motifs is 1. The molecule has 0 spiro atoms. The average Bonchev–Trinajstić information content (AvgIpc) is 2.80. The summed E-state index contributed by atoms with van der Waals surface area (Å²) in [6.45, 7) is 1.54. The molecular formula is C25H18F6N4O2. The van der Waals surface area contributed by atoms with E-state index in [2.05, 4.69) is 9.97 Å². The van der Waals surface area contributed by atoms with Crippen molar-refractivity contribution in [3.05, 3.63) is 93.4 Å². The van der Waals surface area contributed by atoms with Crippen LogP contribution in [-0.4, -0.2) is 32.5 Å². The van der Waals surface area contributed by atoms with Crippen LogP contribution in [0.3, 0.4) is 0 Å². The average molecular weight is 520 g/mol. The molecule has 4 aromatic rings. The lowest BCUT2D eigenvalue weighted by Crippen LogP contribution is -2.36. The molecule has 1 aliphatic rings. The highest BCUT2D eigenvalue weighted by Gasteiger charge is 2.36. The zero-order valence-corrected chi connectivity index (χ0v) is 19.0. The fourth-order valence-corrected chi connectivity index (χ4v) is 4.05. The molecule has 1 fully saturated rings. The Morgan fingerprint density at radius 3 is 2.32 bits per heavy atom. The number of benzene rings is 2. The summed E-state index contributed by atoms with van der Waals surface area (Å²) in [6, 6.07) is 5.87. The van der Waals surface area contributed by atoms with Crippen molar-refractivity contribution in [2.75, 3.05) is 13.1 Å². The minimum absolute atomic E-state index is 0.0640. The molecule has 1 aliphatic heterocycles. The van der Waals surface area contributed by atoms with Crippen LogP contribution in [-0.2, 0) is 19.3 Å². The zero-order chi connectivity index (χ0) is 26.3. The molecule has 6 nitrogen and oxygen atoms in total. The number of hydrogen-bond acceptors (Lipinski definition) is 5. The maximum atomic E-state index is 14.1. The van der Waals surface area contributed by atoms with E-state index >= 15 is 0 Å². The highest BCUT2D eigenvalue weighted by molar-refractivity contribution is 5.79. The molecule has 0 N–H and O–H groups in total. The molecule has 1 saturated heterocycles. The summed E-state index contributed by atoms with van der Waals surface area (Å²) in [6.07, 6.45) is -1.37. The van der Waals surface area contributed by atoms with Crippen LogP contribution in [0.4, 0.5) is 26.3 Å². The summed E-state index contributed by atoms with van der Waals surface area (Å²) in [7, 11) is 0. The smallest absolute Gasteiger partial charge is 0.421 e. The molecule has 12 heteroatoms. The molecule has 3 heterocycles. The lowest BCUT2D eigenvalue weighted by atomic mass is 10.1. The second-order valence-corrected chi connectivity index (χ2v) is 8.63. The highest BCUT2D eigenvalue weighted by atomic mass is 19.4. The molecule has 192 valence electrons. The van der Waals surface area contributed by atoms with Crippen LogP contribution in [0, 0.1) is 17.5 Å². The van der Waals surface area contributed by atoms with Crippen molar-refractivity contribution in [1.82, 2.24) is 19.4 Å². The predicted octanol–water partition coefficient (Wildman–Crippen LogP) is 5.27. The second-order valence-electron chi connectivity index (χ2n) is 8.63. The van der Waals surface area contributed by atoms with Gasteiger partial charge in [-0.15, -0.1) is 0 Å². The number of likely N-dealkylation sites (tertiary alicyclic amines) is 1. The second kappa shape index (κ2) is 9.51. The summed E-state index contributed by atoms with van der Waals surface area (Å²) >= 11 is 0. The minimum atomic E-state index is -4.73. The molecule has 5 rings (SSSR count). The molecule has 0 amide bonds. The Labute approximate surface area is 205 Å². The van der Waals surface area contributed by atoms with Crippen LogP contribution in [0.5, 0.6) is 11.6 Å². The Hall–Kier alpha value is -3.93. The largest absolute Gasteiger partial charge is 0.438 e. The Balaban J connectivity index is 1.48. The quantitative estimate of drug-likeness (QED) is 0.324. The van der Waals surface area contributed by atoms with E-state index in [-0.39, 0.29) is 16.7 Å². The van der Waals surface area contributed by atoms with Gasteiger partial charge in [-0.3, -0.25) is 9.69 Å². The van der Waals surface area contributed by atoms with Gasteiger partial charge in [0.2, 0.25) is 5.88 Å².